The lowest BCUT2D eigenvalue weighted by atomic mass is 10.2. The molecule has 0 aliphatic carbocycles. The summed E-state index contributed by atoms with van der Waals surface area (Å²) in [7, 11) is 1.57. The van der Waals surface area contributed by atoms with Gasteiger partial charge in [-0.2, -0.15) is 0 Å². The molecule has 1 aromatic carbocycles. The van der Waals surface area contributed by atoms with Crippen molar-refractivity contribution in [3.8, 4) is 0 Å². The predicted molar refractivity (Wildman–Crippen MR) is 63.0 cm³/mol. The van der Waals surface area contributed by atoms with Crippen LogP contribution in [0.15, 0.2) is 40.8 Å². The molecule has 1 atom stereocenters. The van der Waals surface area contributed by atoms with E-state index >= 15 is 0 Å². The Morgan fingerprint density at radius 1 is 1.43 bits per heavy atom. The largest absolute Gasteiger partial charge is 0.384 e. The van der Waals surface area contributed by atoms with Crippen molar-refractivity contribution >= 4 is 22.6 Å². The molecule has 0 aliphatic heterocycles. The molecule has 0 heterocycles. The van der Waals surface area contributed by atoms with E-state index in [4.69, 9.17) is 0 Å². The Balaban J connectivity index is 2.92. The molecule has 1 unspecified atom stereocenters. The van der Waals surface area contributed by atoms with Gasteiger partial charge in [-0.25, -0.2) is 0 Å². The number of carbonyl (C=O) groups excluding carboxylic acids is 1. The molecule has 0 fully saturated rings. The van der Waals surface area contributed by atoms with E-state index in [2.05, 4.69) is 17.8 Å². The van der Waals surface area contributed by atoms with Gasteiger partial charge in [0.1, 0.15) is 6.29 Å². The van der Waals surface area contributed by atoms with Crippen molar-refractivity contribution in [2.24, 2.45) is 0 Å². The van der Waals surface area contributed by atoms with Crippen LogP contribution in [0, 0.1) is 0 Å². The van der Waals surface area contributed by atoms with Gasteiger partial charge in [-0.15, -0.1) is 10.5 Å². The molecule has 0 amide bonds. The number of hydrogen-bond acceptors (Lipinski definition) is 2. The van der Waals surface area contributed by atoms with E-state index in [1.807, 2.05) is 19.2 Å². The molecule has 0 aliphatic rings. The summed E-state index contributed by atoms with van der Waals surface area (Å²) in [6, 6.07) is 7.39. The maximum absolute atomic E-state index is 10.4. The van der Waals surface area contributed by atoms with Crippen LogP contribution in [0.1, 0.15) is 10.4 Å². The third-order valence-corrected chi connectivity index (χ3v) is 3.52. The van der Waals surface area contributed by atoms with Crippen LogP contribution in [0.3, 0.4) is 0 Å². The fourth-order valence-corrected chi connectivity index (χ4v) is 1.97. The Morgan fingerprint density at radius 2 is 2.00 bits per heavy atom. The molecule has 1 rings (SSSR count). The van der Waals surface area contributed by atoms with Gasteiger partial charge in [0.2, 0.25) is 0 Å². The average molecular weight is 207 g/mol. The second-order valence-electron chi connectivity index (χ2n) is 2.75. The minimum atomic E-state index is -0.260. The van der Waals surface area contributed by atoms with Gasteiger partial charge in [0.25, 0.3) is 0 Å². The zero-order chi connectivity index (χ0) is 10.6. The summed E-state index contributed by atoms with van der Waals surface area (Å²) in [5.41, 5.74) is 0.681. The summed E-state index contributed by atoms with van der Waals surface area (Å²) in [5, 5.41) is 3.87. The van der Waals surface area contributed by atoms with Crippen molar-refractivity contribution in [3.05, 3.63) is 41.4 Å². The van der Waals surface area contributed by atoms with E-state index in [1.165, 1.54) is 0 Å². The van der Waals surface area contributed by atoms with Crippen molar-refractivity contribution < 1.29 is 4.79 Å². The average Bonchev–Trinajstić information content (AvgIpc) is 2.27. The first-order valence-corrected chi connectivity index (χ1v) is 5.54. The lowest BCUT2D eigenvalue weighted by Gasteiger charge is -2.09. The van der Waals surface area contributed by atoms with Crippen molar-refractivity contribution in [2.75, 3.05) is 7.05 Å². The smallest absolute Gasteiger partial charge is 0.150 e. The summed E-state index contributed by atoms with van der Waals surface area (Å²) in [4.78, 5) is 11.5. The predicted octanol–water partition coefficient (Wildman–Crippen LogP) is 2.25. The lowest BCUT2D eigenvalue weighted by Crippen LogP contribution is -2.01. The topological polar surface area (TPSA) is 29.1 Å². The normalized spacial score (nSPS) is 11.8. The Labute approximate surface area is 86.6 Å². The fourth-order valence-electron chi connectivity index (χ4n) is 0.976. The number of nitrogens with one attached hydrogen (secondary N) is 1. The van der Waals surface area contributed by atoms with Gasteiger partial charge in [-0.1, -0.05) is 24.6 Å². The van der Waals surface area contributed by atoms with E-state index < -0.39 is 0 Å². The molecule has 0 saturated carbocycles. The first-order valence-electron chi connectivity index (χ1n) is 4.15. The van der Waals surface area contributed by atoms with E-state index in [-0.39, 0.29) is 10.5 Å². The number of aldehydes is 1. The molecule has 3 heteroatoms. The highest BCUT2D eigenvalue weighted by Crippen LogP contribution is 2.29. The highest BCUT2D eigenvalue weighted by atomic mass is 32.2. The zero-order valence-corrected chi connectivity index (χ0v) is 8.93. The third kappa shape index (κ3) is 2.33. The van der Waals surface area contributed by atoms with Crippen LogP contribution in [-0.4, -0.2) is 19.2 Å². The maximum Gasteiger partial charge on any atom is 0.150 e. The monoisotopic (exact) mass is 207 g/mol. The van der Waals surface area contributed by atoms with Gasteiger partial charge in [-0.3, -0.25) is 4.79 Å². The molecule has 14 heavy (non-hydrogen) atoms. The second kappa shape index (κ2) is 4.77. The number of benzene rings is 1. The van der Waals surface area contributed by atoms with Crippen molar-refractivity contribution in [1.82, 2.24) is 5.32 Å². The Hall–Kier alpha value is -1.35. The van der Waals surface area contributed by atoms with Gasteiger partial charge in [-0.05, 0) is 12.1 Å². The quantitative estimate of drug-likeness (QED) is 0.606. The summed E-state index contributed by atoms with van der Waals surface area (Å²) < 4.78 is 0. The Kier molecular flexibility index (Phi) is 3.65. The van der Waals surface area contributed by atoms with Gasteiger partial charge >= 0.3 is 0 Å². The van der Waals surface area contributed by atoms with Crippen LogP contribution in [0.25, 0.3) is 0 Å². The second-order valence-corrected chi connectivity index (χ2v) is 4.50. The molecule has 1 N–H and O–H groups in total. The molecule has 1 aromatic rings. The van der Waals surface area contributed by atoms with Crippen LogP contribution < -0.4 is 5.32 Å². The van der Waals surface area contributed by atoms with Crippen LogP contribution in [0.4, 0.5) is 0 Å². The molecule has 74 valence electrons. The maximum atomic E-state index is 10.4. The van der Waals surface area contributed by atoms with Gasteiger partial charge in [0.15, 0.2) is 0 Å². The summed E-state index contributed by atoms with van der Waals surface area (Å²) in [5.74, 6) is 4.01. The first-order chi connectivity index (χ1) is 6.69. The number of hydrogen-bond donors (Lipinski definition) is 1. The van der Waals surface area contributed by atoms with Crippen molar-refractivity contribution in [2.45, 2.75) is 4.90 Å². The highest BCUT2D eigenvalue weighted by molar-refractivity contribution is 8.17. The standard InChI is InChI=1S/C11H13NOS/c1-9(12-2)14(3)11-6-4-10(8-13)5-7-11/h4-8,12H,1,3H2,2H3. The van der Waals surface area contributed by atoms with Crippen LogP contribution in [0.2, 0.25) is 0 Å². The third-order valence-electron chi connectivity index (χ3n) is 1.88. The number of rotatable bonds is 4. The molecule has 0 saturated heterocycles. The van der Waals surface area contributed by atoms with Gasteiger partial charge in [0, 0.05) is 17.5 Å². The lowest BCUT2D eigenvalue weighted by molar-refractivity contribution is 0.112. The minimum absolute atomic E-state index is 0.260. The molecule has 0 spiro atoms. The molecule has 2 nitrogen and oxygen atoms in total. The fraction of sp³-hybridized carbons (Fsp3) is 0.0909. The summed E-state index contributed by atoms with van der Waals surface area (Å²) in [6.45, 7) is 3.86. The molecule has 0 bridgehead atoms. The van der Waals surface area contributed by atoms with Crippen molar-refractivity contribution in [3.63, 3.8) is 0 Å². The highest BCUT2D eigenvalue weighted by Gasteiger charge is 1.99. The van der Waals surface area contributed by atoms with Gasteiger partial charge in [0.05, 0.1) is 5.03 Å². The van der Waals surface area contributed by atoms with Crippen LogP contribution >= 0.6 is 10.5 Å². The van der Waals surface area contributed by atoms with Crippen molar-refractivity contribution in [1.29, 1.82) is 0 Å². The van der Waals surface area contributed by atoms with E-state index in [1.54, 1.807) is 12.1 Å². The van der Waals surface area contributed by atoms with E-state index in [0.29, 0.717) is 5.56 Å². The SMILES string of the molecule is C=C(NC)S(=C)c1ccc(C=O)cc1. The minimum Gasteiger partial charge on any atom is -0.384 e. The molecule has 0 aromatic heterocycles. The summed E-state index contributed by atoms with van der Waals surface area (Å²) in [6.07, 6.45) is 0.831. The van der Waals surface area contributed by atoms with E-state index in [9.17, 15) is 4.79 Å². The molecule has 0 radical (unpaired) electrons. The van der Waals surface area contributed by atoms with Crippen LogP contribution in [0.5, 0.6) is 0 Å². The molecular formula is C11H13NOS. The Morgan fingerprint density at radius 3 is 2.43 bits per heavy atom. The molecular weight excluding hydrogens is 194 g/mol. The number of carbonyl (C=O) groups is 1. The first kappa shape index (κ1) is 10.7. The van der Waals surface area contributed by atoms with Gasteiger partial charge < -0.3 is 5.32 Å². The zero-order valence-electron chi connectivity index (χ0n) is 8.12. The summed E-state index contributed by atoms with van der Waals surface area (Å²) >= 11 is 0. The van der Waals surface area contributed by atoms with E-state index in [0.717, 1.165) is 16.2 Å². The Bertz CT molecular complexity index is 367. The van der Waals surface area contributed by atoms with Crippen LogP contribution in [-0.2, 0) is 0 Å².